The molecule has 0 fully saturated rings. The van der Waals surface area contributed by atoms with Crippen LogP contribution in [0.1, 0.15) is 35.5 Å². The summed E-state index contributed by atoms with van der Waals surface area (Å²) in [6.07, 6.45) is 2.94. The topological polar surface area (TPSA) is 31.2 Å². The van der Waals surface area contributed by atoms with Crippen LogP contribution in [0.3, 0.4) is 0 Å². The maximum atomic E-state index is 11.8. The van der Waals surface area contributed by atoms with Gasteiger partial charge >= 0.3 is 5.97 Å². The Labute approximate surface area is 113 Å². The number of nitrogens with zero attached hydrogens (tertiary/aromatic N) is 1. The summed E-state index contributed by atoms with van der Waals surface area (Å²) in [5, 5.41) is 0. The van der Waals surface area contributed by atoms with Gasteiger partial charge in [0.25, 0.3) is 0 Å². The Morgan fingerprint density at radius 2 is 1.79 bits per heavy atom. The highest BCUT2D eigenvalue weighted by atomic mass is 16.5. The molecule has 3 nitrogen and oxygen atoms in total. The summed E-state index contributed by atoms with van der Waals surface area (Å²) in [5.41, 5.74) is 3.10. The predicted molar refractivity (Wildman–Crippen MR) is 75.3 cm³/mol. The summed E-state index contributed by atoms with van der Waals surface area (Å²) in [6.45, 7) is 5.04. The molecule has 0 spiro atoms. The first-order chi connectivity index (χ1) is 9.24. The average Bonchev–Trinajstić information content (AvgIpc) is 2.88. The lowest BCUT2D eigenvalue weighted by atomic mass is 10.1. The van der Waals surface area contributed by atoms with Gasteiger partial charge in [0.05, 0.1) is 6.61 Å². The molecule has 0 bridgehead atoms. The summed E-state index contributed by atoms with van der Waals surface area (Å²) >= 11 is 0. The van der Waals surface area contributed by atoms with E-state index in [1.807, 2.05) is 23.8 Å². The van der Waals surface area contributed by atoms with E-state index in [-0.39, 0.29) is 5.97 Å². The van der Waals surface area contributed by atoms with Gasteiger partial charge in [0, 0.05) is 12.7 Å². The zero-order chi connectivity index (χ0) is 13.7. The van der Waals surface area contributed by atoms with Gasteiger partial charge in [-0.1, -0.05) is 31.2 Å². The molecule has 0 saturated carbocycles. The Balaban J connectivity index is 2.14. The van der Waals surface area contributed by atoms with Gasteiger partial charge in [-0.2, -0.15) is 0 Å². The minimum Gasteiger partial charge on any atom is -0.461 e. The molecule has 1 aromatic carbocycles. The molecule has 2 rings (SSSR count). The summed E-state index contributed by atoms with van der Waals surface area (Å²) < 4.78 is 6.96. The van der Waals surface area contributed by atoms with Crippen molar-refractivity contribution in [2.24, 2.45) is 0 Å². The maximum absolute atomic E-state index is 11.8. The third-order valence-electron chi connectivity index (χ3n) is 3.10. The van der Waals surface area contributed by atoms with E-state index in [0.29, 0.717) is 18.8 Å². The second-order valence-corrected chi connectivity index (χ2v) is 4.41. The minimum atomic E-state index is -0.266. The van der Waals surface area contributed by atoms with Crippen molar-refractivity contribution in [3.05, 3.63) is 59.4 Å². The van der Waals surface area contributed by atoms with E-state index in [1.54, 1.807) is 6.07 Å². The first-order valence-corrected chi connectivity index (χ1v) is 6.64. The lowest BCUT2D eigenvalue weighted by molar-refractivity contribution is 0.0514. The second-order valence-electron chi connectivity index (χ2n) is 4.41. The molecule has 0 aliphatic heterocycles. The first-order valence-electron chi connectivity index (χ1n) is 6.64. The third-order valence-corrected chi connectivity index (χ3v) is 3.10. The lowest BCUT2D eigenvalue weighted by Gasteiger charge is -2.09. The lowest BCUT2D eigenvalue weighted by Crippen LogP contribution is -2.12. The number of ether oxygens (including phenoxy) is 1. The number of rotatable bonds is 5. The molecule has 0 saturated heterocycles. The summed E-state index contributed by atoms with van der Waals surface area (Å²) in [6, 6.07) is 12.1. The monoisotopic (exact) mass is 257 g/mol. The fraction of sp³-hybridized carbons (Fsp3) is 0.312. The van der Waals surface area contributed by atoms with Crippen LogP contribution in [0.15, 0.2) is 42.6 Å². The van der Waals surface area contributed by atoms with Crippen LogP contribution in [0.2, 0.25) is 0 Å². The highest BCUT2D eigenvalue weighted by Gasteiger charge is 2.11. The van der Waals surface area contributed by atoms with Crippen LogP contribution in [0.4, 0.5) is 0 Å². The van der Waals surface area contributed by atoms with Crippen LogP contribution in [0.25, 0.3) is 0 Å². The summed E-state index contributed by atoms with van der Waals surface area (Å²) in [7, 11) is 0. The van der Waals surface area contributed by atoms with Crippen molar-refractivity contribution >= 4 is 5.97 Å². The smallest absolute Gasteiger partial charge is 0.354 e. The Kier molecular flexibility index (Phi) is 4.39. The average molecular weight is 257 g/mol. The first kappa shape index (κ1) is 13.4. The molecule has 0 aliphatic rings. The molecular formula is C16H19NO2. The molecule has 1 aromatic heterocycles. The predicted octanol–water partition coefficient (Wildman–Crippen LogP) is 3.28. The molecule has 0 aliphatic carbocycles. The zero-order valence-corrected chi connectivity index (χ0v) is 11.4. The van der Waals surface area contributed by atoms with Crippen molar-refractivity contribution in [2.45, 2.75) is 26.8 Å². The van der Waals surface area contributed by atoms with Crippen LogP contribution in [0, 0.1) is 0 Å². The number of aromatic nitrogens is 1. The maximum Gasteiger partial charge on any atom is 0.354 e. The van der Waals surface area contributed by atoms with Gasteiger partial charge < -0.3 is 9.30 Å². The highest BCUT2D eigenvalue weighted by molar-refractivity contribution is 5.87. The van der Waals surface area contributed by atoms with Gasteiger partial charge in [-0.15, -0.1) is 0 Å². The van der Waals surface area contributed by atoms with Crippen molar-refractivity contribution in [2.75, 3.05) is 6.61 Å². The molecular weight excluding hydrogens is 238 g/mol. The molecule has 0 N–H and O–H groups in total. The van der Waals surface area contributed by atoms with E-state index in [0.717, 1.165) is 6.42 Å². The number of benzene rings is 1. The van der Waals surface area contributed by atoms with Crippen LogP contribution in [0.5, 0.6) is 0 Å². The Bertz CT molecular complexity index is 540. The van der Waals surface area contributed by atoms with Crippen LogP contribution >= 0.6 is 0 Å². The van der Waals surface area contributed by atoms with Gasteiger partial charge in [0.2, 0.25) is 0 Å². The number of carbonyl (C=O) groups excluding carboxylic acids is 1. The van der Waals surface area contributed by atoms with Crippen molar-refractivity contribution in [1.29, 1.82) is 0 Å². The molecule has 2 aromatic rings. The summed E-state index contributed by atoms with van der Waals surface area (Å²) in [4.78, 5) is 11.8. The standard InChI is InChI=1S/C16H19NO2/c1-3-13-7-9-14(10-8-13)12-17-11-5-6-15(17)16(18)19-4-2/h5-11H,3-4,12H2,1-2H3. The van der Waals surface area contributed by atoms with Crippen LogP contribution < -0.4 is 0 Å². The van der Waals surface area contributed by atoms with Gasteiger partial charge in [-0.25, -0.2) is 4.79 Å². The van der Waals surface area contributed by atoms with E-state index in [4.69, 9.17) is 4.74 Å². The fourth-order valence-corrected chi connectivity index (χ4v) is 2.02. The molecule has 0 unspecified atom stereocenters. The van der Waals surface area contributed by atoms with Gasteiger partial charge in [-0.05, 0) is 36.6 Å². The summed E-state index contributed by atoms with van der Waals surface area (Å²) in [5.74, 6) is -0.266. The number of aryl methyl sites for hydroxylation is 1. The van der Waals surface area contributed by atoms with E-state index in [1.165, 1.54) is 11.1 Å². The van der Waals surface area contributed by atoms with Gasteiger partial charge in [-0.3, -0.25) is 0 Å². The normalized spacial score (nSPS) is 10.4. The largest absolute Gasteiger partial charge is 0.461 e. The number of hydrogen-bond acceptors (Lipinski definition) is 2. The number of carbonyl (C=O) groups is 1. The van der Waals surface area contributed by atoms with E-state index in [9.17, 15) is 4.79 Å². The molecule has 100 valence electrons. The Morgan fingerprint density at radius 1 is 1.11 bits per heavy atom. The van der Waals surface area contributed by atoms with Crippen molar-refractivity contribution in [3.8, 4) is 0 Å². The van der Waals surface area contributed by atoms with Gasteiger partial charge in [0.1, 0.15) is 5.69 Å². The zero-order valence-electron chi connectivity index (χ0n) is 11.4. The van der Waals surface area contributed by atoms with Crippen molar-refractivity contribution in [1.82, 2.24) is 4.57 Å². The highest BCUT2D eigenvalue weighted by Crippen LogP contribution is 2.11. The van der Waals surface area contributed by atoms with E-state index < -0.39 is 0 Å². The Hall–Kier alpha value is -2.03. The molecule has 0 atom stereocenters. The van der Waals surface area contributed by atoms with Gasteiger partial charge in [0.15, 0.2) is 0 Å². The molecule has 0 amide bonds. The minimum absolute atomic E-state index is 0.266. The second kappa shape index (κ2) is 6.23. The SMILES string of the molecule is CCOC(=O)c1cccn1Cc1ccc(CC)cc1. The fourth-order valence-electron chi connectivity index (χ4n) is 2.02. The number of esters is 1. The van der Waals surface area contributed by atoms with Crippen LogP contribution in [-0.2, 0) is 17.7 Å². The molecule has 19 heavy (non-hydrogen) atoms. The van der Waals surface area contributed by atoms with E-state index >= 15 is 0 Å². The number of hydrogen-bond donors (Lipinski definition) is 0. The quantitative estimate of drug-likeness (QED) is 0.770. The van der Waals surface area contributed by atoms with E-state index in [2.05, 4.69) is 31.2 Å². The third kappa shape index (κ3) is 3.25. The Morgan fingerprint density at radius 3 is 2.42 bits per heavy atom. The molecule has 3 heteroatoms. The molecule has 0 radical (unpaired) electrons. The van der Waals surface area contributed by atoms with Crippen LogP contribution in [-0.4, -0.2) is 17.1 Å². The molecule has 1 heterocycles. The van der Waals surface area contributed by atoms with Crippen molar-refractivity contribution in [3.63, 3.8) is 0 Å². The van der Waals surface area contributed by atoms with Crippen molar-refractivity contribution < 1.29 is 9.53 Å².